The van der Waals surface area contributed by atoms with Crippen molar-refractivity contribution in [1.29, 1.82) is 0 Å². The fraction of sp³-hybridized carbons (Fsp3) is 0.276. The molecular weight excluding hydrogens is 454 g/mol. The van der Waals surface area contributed by atoms with E-state index in [0.717, 1.165) is 5.69 Å². The molecule has 1 fully saturated rings. The number of benzene rings is 3. The van der Waals surface area contributed by atoms with E-state index in [-0.39, 0.29) is 6.42 Å². The van der Waals surface area contributed by atoms with Crippen LogP contribution in [0.25, 0.3) is 0 Å². The summed E-state index contributed by atoms with van der Waals surface area (Å²) >= 11 is 0. The Labute approximate surface area is 211 Å². The number of nitrogens with zero attached hydrogens (tertiary/aromatic N) is 1. The fourth-order valence-electron chi connectivity index (χ4n) is 4.97. The van der Waals surface area contributed by atoms with Crippen LogP contribution >= 0.6 is 0 Å². The molecule has 4 atom stereocenters. The molecule has 7 nitrogen and oxygen atoms in total. The summed E-state index contributed by atoms with van der Waals surface area (Å²) in [6.07, 6.45) is -0.307. The zero-order valence-electron chi connectivity index (χ0n) is 20.6. The smallest absolute Gasteiger partial charge is 0.235 e. The maximum atomic E-state index is 13.7. The van der Waals surface area contributed by atoms with Gasteiger partial charge < -0.3 is 20.6 Å². The molecule has 1 saturated carbocycles. The van der Waals surface area contributed by atoms with Crippen LogP contribution < -0.4 is 15.5 Å². The number of nitrogens with one attached hydrogen (secondary N) is 2. The lowest BCUT2D eigenvalue weighted by molar-refractivity contribution is -0.150. The number of aliphatic hydroxyl groups is 1. The minimum atomic E-state index is -1.65. The lowest BCUT2D eigenvalue weighted by atomic mass is 9.61. The van der Waals surface area contributed by atoms with Gasteiger partial charge in [-0.3, -0.25) is 14.4 Å². The van der Waals surface area contributed by atoms with Crippen molar-refractivity contribution >= 4 is 34.7 Å². The van der Waals surface area contributed by atoms with Gasteiger partial charge in [0.15, 0.2) is 0 Å². The number of anilines is 3. The minimum Gasteiger partial charge on any atom is -0.389 e. The van der Waals surface area contributed by atoms with E-state index in [0.29, 0.717) is 16.9 Å². The number of amides is 2. The Morgan fingerprint density at radius 3 is 1.83 bits per heavy atom. The lowest BCUT2D eigenvalue weighted by Gasteiger charge is -2.44. The number of carbonyl (C=O) groups excluding carboxylic acids is 3. The van der Waals surface area contributed by atoms with Gasteiger partial charge in [-0.2, -0.15) is 0 Å². The molecule has 186 valence electrons. The highest BCUT2D eigenvalue weighted by atomic mass is 16.3. The van der Waals surface area contributed by atoms with Crippen LogP contribution in [0.15, 0.2) is 84.9 Å². The van der Waals surface area contributed by atoms with Crippen molar-refractivity contribution in [3.8, 4) is 0 Å². The van der Waals surface area contributed by atoms with Crippen molar-refractivity contribution in [2.45, 2.75) is 24.9 Å². The summed E-state index contributed by atoms with van der Waals surface area (Å²) in [4.78, 5) is 42.5. The average Bonchev–Trinajstić information content (AvgIpc) is 2.84. The second kappa shape index (κ2) is 10.3. The number of ketones is 1. The summed E-state index contributed by atoms with van der Waals surface area (Å²) in [6, 6.07) is 25.2. The molecule has 0 radical (unpaired) electrons. The van der Waals surface area contributed by atoms with Crippen LogP contribution in [-0.4, -0.2) is 42.4 Å². The molecule has 0 unspecified atom stereocenters. The van der Waals surface area contributed by atoms with E-state index in [9.17, 15) is 19.5 Å². The van der Waals surface area contributed by atoms with Crippen LogP contribution in [0.1, 0.15) is 24.8 Å². The van der Waals surface area contributed by atoms with E-state index in [2.05, 4.69) is 10.6 Å². The van der Waals surface area contributed by atoms with Crippen LogP contribution in [0, 0.1) is 11.8 Å². The molecule has 1 aliphatic rings. The molecule has 3 N–H and O–H groups in total. The summed E-state index contributed by atoms with van der Waals surface area (Å²) in [7, 11) is 3.83. The van der Waals surface area contributed by atoms with Crippen molar-refractivity contribution in [3.05, 3.63) is 90.5 Å². The number of para-hydroxylation sites is 2. The molecule has 2 amide bonds. The number of carbonyl (C=O) groups is 3. The maximum absolute atomic E-state index is 13.7. The molecule has 7 heteroatoms. The van der Waals surface area contributed by atoms with Gasteiger partial charge in [-0.05, 0) is 48.9 Å². The Bertz CT molecular complexity index is 1220. The average molecular weight is 486 g/mol. The zero-order chi connectivity index (χ0) is 25.9. The number of hydrogen-bond acceptors (Lipinski definition) is 5. The topological polar surface area (TPSA) is 98.7 Å². The van der Waals surface area contributed by atoms with Gasteiger partial charge in [0.05, 0.1) is 11.5 Å². The van der Waals surface area contributed by atoms with Crippen molar-refractivity contribution in [2.75, 3.05) is 29.6 Å². The molecule has 0 heterocycles. The van der Waals surface area contributed by atoms with Gasteiger partial charge in [0.25, 0.3) is 0 Å². The SMILES string of the molecule is CN(C)c1ccc([C@@H]2[C@H](C(=O)Nc3ccccc3)C(=O)C[C@@](C)(O)[C@H]2C(=O)Nc2ccccc2)cc1. The van der Waals surface area contributed by atoms with Crippen LogP contribution in [0.5, 0.6) is 0 Å². The quantitative estimate of drug-likeness (QED) is 0.457. The summed E-state index contributed by atoms with van der Waals surface area (Å²) in [5.74, 6) is -4.42. The van der Waals surface area contributed by atoms with Crippen LogP contribution in [0.2, 0.25) is 0 Å². The Morgan fingerprint density at radius 2 is 1.33 bits per heavy atom. The molecular formula is C29H31N3O4. The summed E-state index contributed by atoms with van der Waals surface area (Å²) in [5.41, 5.74) is 1.05. The highest BCUT2D eigenvalue weighted by Crippen LogP contribution is 2.46. The van der Waals surface area contributed by atoms with E-state index in [1.54, 1.807) is 48.5 Å². The maximum Gasteiger partial charge on any atom is 0.235 e. The third kappa shape index (κ3) is 5.31. The third-order valence-corrected chi connectivity index (χ3v) is 6.71. The fourth-order valence-corrected chi connectivity index (χ4v) is 4.97. The molecule has 3 aromatic rings. The van der Waals surface area contributed by atoms with E-state index < -0.39 is 41.0 Å². The molecule has 36 heavy (non-hydrogen) atoms. The molecule has 3 aromatic carbocycles. The third-order valence-electron chi connectivity index (χ3n) is 6.71. The number of rotatable bonds is 6. The van der Waals surface area contributed by atoms with Crippen molar-refractivity contribution < 1.29 is 19.5 Å². The van der Waals surface area contributed by atoms with Crippen LogP contribution in [-0.2, 0) is 14.4 Å². The molecule has 0 spiro atoms. The van der Waals surface area contributed by atoms with Crippen molar-refractivity contribution in [2.24, 2.45) is 11.8 Å². The van der Waals surface area contributed by atoms with Crippen molar-refractivity contribution in [1.82, 2.24) is 0 Å². The Hall–Kier alpha value is -3.97. The summed E-state index contributed by atoms with van der Waals surface area (Å²) in [5, 5.41) is 17.1. The Kier molecular flexibility index (Phi) is 7.22. The normalized spacial score (nSPS) is 23.6. The van der Waals surface area contributed by atoms with Gasteiger partial charge >= 0.3 is 0 Å². The molecule has 0 bridgehead atoms. The first-order valence-corrected chi connectivity index (χ1v) is 11.9. The minimum absolute atomic E-state index is 0.307. The molecule has 4 rings (SSSR count). The van der Waals surface area contributed by atoms with Gasteiger partial charge in [0.2, 0.25) is 11.8 Å². The van der Waals surface area contributed by atoms with Crippen LogP contribution in [0.3, 0.4) is 0 Å². The standard InChI is InChI=1S/C29H31N3O4/c1-29(36)18-23(33)25(27(34)30-20-10-6-4-7-11-20)24(19-14-16-22(17-15-19)32(2)3)26(29)28(35)31-21-12-8-5-9-13-21/h4-17,24-26,36H,18H2,1-3H3,(H,30,34)(H,31,35)/t24-,25-,26-,29-/m1/s1. The lowest BCUT2D eigenvalue weighted by Crippen LogP contribution is -2.56. The van der Waals surface area contributed by atoms with Crippen LogP contribution in [0.4, 0.5) is 17.1 Å². The summed E-state index contributed by atoms with van der Waals surface area (Å²) < 4.78 is 0. The van der Waals surface area contributed by atoms with Gasteiger partial charge in [-0.25, -0.2) is 0 Å². The Morgan fingerprint density at radius 1 is 0.833 bits per heavy atom. The van der Waals surface area contributed by atoms with Gasteiger partial charge in [-0.1, -0.05) is 48.5 Å². The predicted molar refractivity (Wildman–Crippen MR) is 141 cm³/mol. The van der Waals surface area contributed by atoms with E-state index in [1.807, 2.05) is 55.4 Å². The largest absolute Gasteiger partial charge is 0.389 e. The Balaban J connectivity index is 1.77. The van der Waals surface area contributed by atoms with E-state index in [4.69, 9.17) is 0 Å². The number of hydrogen-bond donors (Lipinski definition) is 3. The number of Topliss-reactive ketones (excluding diaryl/α,β-unsaturated/α-hetero) is 1. The first-order valence-electron chi connectivity index (χ1n) is 11.9. The highest BCUT2D eigenvalue weighted by molar-refractivity contribution is 6.10. The first-order chi connectivity index (χ1) is 17.2. The molecule has 0 aliphatic heterocycles. The van der Waals surface area contributed by atoms with Gasteiger partial charge in [-0.15, -0.1) is 0 Å². The van der Waals surface area contributed by atoms with Gasteiger partial charge in [0, 0.05) is 43.5 Å². The van der Waals surface area contributed by atoms with Crippen molar-refractivity contribution in [3.63, 3.8) is 0 Å². The first kappa shape index (κ1) is 25.1. The zero-order valence-corrected chi connectivity index (χ0v) is 20.6. The van der Waals surface area contributed by atoms with Gasteiger partial charge in [0.1, 0.15) is 11.7 Å². The molecule has 1 aliphatic carbocycles. The monoisotopic (exact) mass is 485 g/mol. The summed E-state index contributed by atoms with van der Waals surface area (Å²) in [6.45, 7) is 1.49. The van der Waals surface area contributed by atoms with E-state index in [1.165, 1.54) is 6.92 Å². The second-order valence-corrected chi connectivity index (χ2v) is 9.68. The predicted octanol–water partition coefficient (Wildman–Crippen LogP) is 4.07. The molecule has 0 saturated heterocycles. The van der Waals surface area contributed by atoms with E-state index >= 15 is 0 Å². The second-order valence-electron chi connectivity index (χ2n) is 9.68. The molecule has 0 aromatic heterocycles. The highest BCUT2D eigenvalue weighted by Gasteiger charge is 2.55.